The number of aromatic nitrogens is 2. The second-order valence-electron chi connectivity index (χ2n) is 5.18. The Hall–Kier alpha value is -2.11. The molecule has 0 saturated heterocycles. The molecule has 0 saturated carbocycles. The van der Waals surface area contributed by atoms with Crippen molar-refractivity contribution in [2.75, 3.05) is 0 Å². The number of benzene rings is 1. The van der Waals surface area contributed by atoms with Gasteiger partial charge in [0, 0.05) is 12.1 Å². The number of furan rings is 1. The highest BCUT2D eigenvalue weighted by molar-refractivity contribution is 6.31. The number of rotatable bonds is 4. The van der Waals surface area contributed by atoms with Crippen LogP contribution < -0.4 is 10.9 Å². The zero-order valence-electron chi connectivity index (χ0n) is 12.3. The molecule has 0 aliphatic rings. The summed E-state index contributed by atoms with van der Waals surface area (Å²) in [6.45, 7) is 2.53. The Morgan fingerprint density at radius 3 is 2.95 bits per heavy atom. The van der Waals surface area contributed by atoms with Gasteiger partial charge in [-0.15, -0.1) is 0 Å². The lowest BCUT2D eigenvalue weighted by molar-refractivity contribution is 0.446. The Bertz CT molecular complexity index is 856. The van der Waals surface area contributed by atoms with Gasteiger partial charge in [0.15, 0.2) is 0 Å². The number of nitrogens with zero attached hydrogens (tertiary/aromatic N) is 2. The van der Waals surface area contributed by atoms with Gasteiger partial charge < -0.3 is 9.73 Å². The monoisotopic (exact) mass is 317 g/mol. The molecule has 1 aromatic carbocycles. The SMILES string of the molecule is C[C@H](NCc1ccco1)c1nc2cc(Cl)ccc2c(=O)n1C. The molecule has 0 unspecified atom stereocenters. The number of halogens is 1. The van der Waals surface area contributed by atoms with E-state index < -0.39 is 0 Å². The molecule has 0 spiro atoms. The van der Waals surface area contributed by atoms with Gasteiger partial charge in [0.2, 0.25) is 0 Å². The van der Waals surface area contributed by atoms with Crippen molar-refractivity contribution in [2.45, 2.75) is 19.5 Å². The molecular weight excluding hydrogens is 302 g/mol. The summed E-state index contributed by atoms with van der Waals surface area (Å²) in [5.41, 5.74) is 0.528. The maximum atomic E-state index is 12.4. The van der Waals surface area contributed by atoms with Crippen LogP contribution in [-0.2, 0) is 13.6 Å². The van der Waals surface area contributed by atoms with Gasteiger partial charge >= 0.3 is 0 Å². The van der Waals surface area contributed by atoms with Crippen LogP contribution in [0.5, 0.6) is 0 Å². The summed E-state index contributed by atoms with van der Waals surface area (Å²) < 4.78 is 6.86. The van der Waals surface area contributed by atoms with Crippen LogP contribution >= 0.6 is 11.6 Å². The Morgan fingerprint density at radius 1 is 1.41 bits per heavy atom. The minimum absolute atomic E-state index is 0.0803. The third-order valence-corrected chi connectivity index (χ3v) is 3.86. The van der Waals surface area contributed by atoms with Crippen LogP contribution in [0.1, 0.15) is 24.6 Å². The number of nitrogens with one attached hydrogen (secondary N) is 1. The molecule has 0 aliphatic carbocycles. The molecule has 2 aromatic heterocycles. The molecule has 22 heavy (non-hydrogen) atoms. The van der Waals surface area contributed by atoms with Crippen LogP contribution in [0.4, 0.5) is 0 Å². The van der Waals surface area contributed by atoms with Crippen molar-refractivity contribution in [3.63, 3.8) is 0 Å². The van der Waals surface area contributed by atoms with Crippen molar-refractivity contribution in [3.8, 4) is 0 Å². The van der Waals surface area contributed by atoms with Gasteiger partial charge in [-0.3, -0.25) is 9.36 Å². The van der Waals surface area contributed by atoms with E-state index in [4.69, 9.17) is 16.0 Å². The topological polar surface area (TPSA) is 60.1 Å². The lowest BCUT2D eigenvalue weighted by atomic mass is 10.2. The first-order chi connectivity index (χ1) is 10.6. The summed E-state index contributed by atoms with van der Waals surface area (Å²) in [6, 6.07) is 8.75. The lowest BCUT2D eigenvalue weighted by Gasteiger charge is -2.16. The highest BCUT2D eigenvalue weighted by Gasteiger charge is 2.14. The normalized spacial score (nSPS) is 12.7. The first kappa shape index (κ1) is 14.8. The molecular formula is C16H16ClN3O2. The van der Waals surface area contributed by atoms with Gasteiger partial charge in [0.1, 0.15) is 11.6 Å². The summed E-state index contributed by atoms with van der Waals surface area (Å²) in [5, 5.41) is 4.43. The summed E-state index contributed by atoms with van der Waals surface area (Å²) in [5.74, 6) is 1.49. The Labute approximate surface area is 132 Å². The molecule has 2 heterocycles. The van der Waals surface area contributed by atoms with E-state index in [1.165, 1.54) is 0 Å². The van der Waals surface area contributed by atoms with E-state index in [1.54, 1.807) is 36.1 Å². The largest absolute Gasteiger partial charge is 0.468 e. The third-order valence-electron chi connectivity index (χ3n) is 3.62. The molecule has 3 aromatic rings. The maximum Gasteiger partial charge on any atom is 0.261 e. The summed E-state index contributed by atoms with van der Waals surface area (Å²) in [4.78, 5) is 17.0. The zero-order valence-corrected chi connectivity index (χ0v) is 13.1. The Balaban J connectivity index is 1.95. The minimum Gasteiger partial charge on any atom is -0.468 e. The van der Waals surface area contributed by atoms with Gasteiger partial charge in [-0.2, -0.15) is 0 Å². The van der Waals surface area contributed by atoms with E-state index in [1.807, 2.05) is 19.1 Å². The minimum atomic E-state index is -0.105. The molecule has 114 valence electrons. The molecule has 6 heteroatoms. The molecule has 0 radical (unpaired) electrons. The van der Waals surface area contributed by atoms with Crippen molar-refractivity contribution in [1.29, 1.82) is 0 Å². The highest BCUT2D eigenvalue weighted by atomic mass is 35.5. The predicted octanol–water partition coefficient (Wildman–Crippen LogP) is 3.03. The van der Waals surface area contributed by atoms with E-state index in [0.29, 0.717) is 28.3 Å². The molecule has 3 rings (SSSR count). The van der Waals surface area contributed by atoms with Crippen LogP contribution in [0.25, 0.3) is 10.9 Å². The van der Waals surface area contributed by atoms with E-state index in [2.05, 4.69) is 10.3 Å². The van der Waals surface area contributed by atoms with Crippen molar-refractivity contribution in [3.05, 3.63) is 63.6 Å². The van der Waals surface area contributed by atoms with E-state index in [-0.39, 0.29) is 11.6 Å². The van der Waals surface area contributed by atoms with Gasteiger partial charge in [0.05, 0.1) is 29.8 Å². The van der Waals surface area contributed by atoms with Crippen molar-refractivity contribution < 1.29 is 4.42 Å². The summed E-state index contributed by atoms with van der Waals surface area (Å²) in [6.07, 6.45) is 1.63. The zero-order chi connectivity index (χ0) is 15.7. The fraction of sp³-hybridized carbons (Fsp3) is 0.250. The van der Waals surface area contributed by atoms with Crippen LogP contribution in [0, 0.1) is 0 Å². The van der Waals surface area contributed by atoms with Crippen molar-refractivity contribution in [1.82, 2.24) is 14.9 Å². The molecule has 1 N–H and O–H groups in total. The molecule has 1 atom stereocenters. The molecule has 0 fully saturated rings. The summed E-state index contributed by atoms with van der Waals surface area (Å²) in [7, 11) is 1.73. The molecule has 0 aliphatic heterocycles. The number of hydrogen-bond donors (Lipinski definition) is 1. The van der Waals surface area contributed by atoms with Crippen molar-refractivity contribution in [2.24, 2.45) is 7.05 Å². The Morgan fingerprint density at radius 2 is 2.23 bits per heavy atom. The van der Waals surface area contributed by atoms with Gasteiger partial charge in [-0.05, 0) is 37.3 Å². The maximum absolute atomic E-state index is 12.4. The van der Waals surface area contributed by atoms with E-state index in [0.717, 1.165) is 5.76 Å². The van der Waals surface area contributed by atoms with Gasteiger partial charge in [-0.25, -0.2) is 4.98 Å². The Kier molecular flexibility index (Phi) is 4.00. The average molecular weight is 318 g/mol. The van der Waals surface area contributed by atoms with Gasteiger partial charge in [-0.1, -0.05) is 11.6 Å². The first-order valence-electron chi connectivity index (χ1n) is 6.98. The fourth-order valence-electron chi connectivity index (χ4n) is 2.41. The standard InChI is InChI=1S/C16H16ClN3O2/c1-10(18-9-12-4-3-7-22-12)15-19-14-8-11(17)5-6-13(14)16(21)20(15)2/h3-8,10,18H,9H2,1-2H3/t10-/m0/s1. The van der Waals surface area contributed by atoms with Crippen LogP contribution in [-0.4, -0.2) is 9.55 Å². The van der Waals surface area contributed by atoms with Gasteiger partial charge in [0.25, 0.3) is 5.56 Å². The molecule has 5 nitrogen and oxygen atoms in total. The average Bonchev–Trinajstić information content (AvgIpc) is 3.01. The number of hydrogen-bond acceptors (Lipinski definition) is 4. The fourth-order valence-corrected chi connectivity index (χ4v) is 2.57. The van der Waals surface area contributed by atoms with Crippen LogP contribution in [0.15, 0.2) is 45.8 Å². The highest BCUT2D eigenvalue weighted by Crippen LogP contribution is 2.17. The second-order valence-corrected chi connectivity index (χ2v) is 5.61. The molecule has 0 bridgehead atoms. The second kappa shape index (κ2) is 5.94. The smallest absolute Gasteiger partial charge is 0.261 e. The van der Waals surface area contributed by atoms with Crippen LogP contribution in [0.2, 0.25) is 5.02 Å². The third kappa shape index (κ3) is 2.77. The van der Waals surface area contributed by atoms with Crippen LogP contribution in [0.3, 0.4) is 0 Å². The quantitative estimate of drug-likeness (QED) is 0.803. The molecule has 0 amide bonds. The number of fused-ring (bicyclic) bond motifs is 1. The van der Waals surface area contributed by atoms with Crippen molar-refractivity contribution >= 4 is 22.5 Å². The summed E-state index contributed by atoms with van der Waals surface area (Å²) >= 11 is 5.99. The predicted molar refractivity (Wildman–Crippen MR) is 86.0 cm³/mol. The van der Waals surface area contributed by atoms with E-state index in [9.17, 15) is 4.79 Å². The van der Waals surface area contributed by atoms with E-state index >= 15 is 0 Å². The lowest BCUT2D eigenvalue weighted by Crippen LogP contribution is -2.29. The first-order valence-corrected chi connectivity index (χ1v) is 7.36.